The molecule has 0 N–H and O–H groups in total. The summed E-state index contributed by atoms with van der Waals surface area (Å²) in [6.45, 7) is 8.00. The molecule has 48 heavy (non-hydrogen) atoms. The number of para-hydroxylation sites is 2. The Balaban J connectivity index is 0.00000125. The second-order valence-electron chi connectivity index (χ2n) is 9.81. The van der Waals surface area contributed by atoms with Crippen LogP contribution in [0.4, 0.5) is 34.1 Å². The van der Waals surface area contributed by atoms with E-state index >= 15 is 0 Å². The standard InChI is InChI=1S/C38H26N4O2.2C2H6/c39-27-43-37-23-19-35(20-24-37)41(31-7-3-1-4-8-31)33-15-11-29(12-16-33)30-13-17-34(18-14-30)42(32-9-5-2-6-10-32)36-21-25-38(26-22-36)44-28-40;2*1-2/h1-26H;2*1-2H3. The molecular formula is C42H38N4O2. The van der Waals surface area contributed by atoms with Crippen LogP contribution in [0, 0.1) is 23.0 Å². The monoisotopic (exact) mass is 630 g/mol. The molecule has 6 aromatic rings. The van der Waals surface area contributed by atoms with Gasteiger partial charge in [-0.15, -0.1) is 10.5 Å². The lowest BCUT2D eigenvalue weighted by atomic mass is 10.0. The molecule has 6 nitrogen and oxygen atoms in total. The SMILES string of the molecule is CC.CC.N#COc1ccc(N(c2ccccc2)c2ccc(-c3ccc(N(c4ccccc4)c4ccc(OC#N)cc4)cc3)cc2)cc1. The second kappa shape index (κ2) is 17.8. The number of rotatable bonds is 9. The highest BCUT2D eigenvalue weighted by atomic mass is 16.5. The summed E-state index contributed by atoms with van der Waals surface area (Å²) >= 11 is 0. The minimum absolute atomic E-state index is 0.499. The van der Waals surface area contributed by atoms with Gasteiger partial charge in [0.25, 0.3) is 12.5 Å². The van der Waals surface area contributed by atoms with Gasteiger partial charge in [-0.3, -0.25) is 0 Å². The fraction of sp³-hybridized carbons (Fsp3) is 0.0952. The Bertz CT molecular complexity index is 1750. The third-order valence-electron chi connectivity index (χ3n) is 7.13. The summed E-state index contributed by atoms with van der Waals surface area (Å²) in [4.78, 5) is 4.32. The molecule has 0 radical (unpaired) electrons. The van der Waals surface area contributed by atoms with E-state index in [1.807, 2.05) is 88.4 Å². The van der Waals surface area contributed by atoms with Gasteiger partial charge in [0, 0.05) is 34.1 Å². The van der Waals surface area contributed by atoms with Crippen molar-refractivity contribution in [3.63, 3.8) is 0 Å². The van der Waals surface area contributed by atoms with E-state index < -0.39 is 0 Å². The maximum absolute atomic E-state index is 8.85. The quantitative estimate of drug-likeness (QED) is 0.148. The number of hydrogen-bond acceptors (Lipinski definition) is 6. The van der Waals surface area contributed by atoms with Crippen LogP contribution in [-0.4, -0.2) is 0 Å². The molecule has 6 rings (SSSR count). The largest absolute Gasteiger partial charge is 0.388 e. The van der Waals surface area contributed by atoms with Crippen LogP contribution in [0.3, 0.4) is 0 Å². The summed E-state index contributed by atoms with van der Waals surface area (Å²) in [5.74, 6) is 0.998. The summed E-state index contributed by atoms with van der Waals surface area (Å²) in [5, 5.41) is 17.7. The molecule has 0 aliphatic heterocycles. The van der Waals surface area contributed by atoms with Gasteiger partial charge in [0.05, 0.1) is 0 Å². The maximum atomic E-state index is 8.85. The summed E-state index contributed by atoms with van der Waals surface area (Å²) in [6, 6.07) is 52.1. The van der Waals surface area contributed by atoms with E-state index in [0.717, 1.165) is 45.3 Å². The van der Waals surface area contributed by atoms with E-state index in [-0.39, 0.29) is 0 Å². The molecule has 0 aromatic heterocycles. The number of nitrogens with zero attached hydrogens (tertiary/aromatic N) is 4. The highest BCUT2D eigenvalue weighted by Gasteiger charge is 2.15. The van der Waals surface area contributed by atoms with Gasteiger partial charge < -0.3 is 19.3 Å². The lowest BCUT2D eigenvalue weighted by molar-refractivity contribution is 0.507. The van der Waals surface area contributed by atoms with Gasteiger partial charge in [-0.1, -0.05) is 88.4 Å². The number of anilines is 6. The first-order chi connectivity index (χ1) is 23.7. The Morgan fingerprint density at radius 2 is 0.604 bits per heavy atom. The van der Waals surface area contributed by atoms with E-state index in [2.05, 4.69) is 82.6 Å². The van der Waals surface area contributed by atoms with Gasteiger partial charge in [0.1, 0.15) is 11.5 Å². The summed E-state index contributed by atoms with van der Waals surface area (Å²) in [5.41, 5.74) is 8.14. The molecule has 0 spiro atoms. The zero-order chi connectivity index (χ0) is 34.1. The summed E-state index contributed by atoms with van der Waals surface area (Å²) in [7, 11) is 0. The Hall–Kier alpha value is -6.50. The van der Waals surface area contributed by atoms with E-state index in [1.165, 1.54) is 0 Å². The number of nitriles is 2. The van der Waals surface area contributed by atoms with Gasteiger partial charge in [0.15, 0.2) is 0 Å². The third kappa shape index (κ3) is 8.40. The van der Waals surface area contributed by atoms with Gasteiger partial charge in [-0.2, -0.15) is 0 Å². The van der Waals surface area contributed by atoms with Crippen molar-refractivity contribution < 1.29 is 9.47 Å². The number of ether oxygens (including phenoxy) is 2. The lowest BCUT2D eigenvalue weighted by Crippen LogP contribution is -2.10. The van der Waals surface area contributed by atoms with Crippen molar-refractivity contribution in [2.75, 3.05) is 9.80 Å². The summed E-state index contributed by atoms with van der Waals surface area (Å²) in [6.07, 6.45) is 3.44. The van der Waals surface area contributed by atoms with E-state index in [9.17, 15) is 0 Å². The van der Waals surface area contributed by atoms with Crippen LogP contribution in [0.15, 0.2) is 158 Å². The highest BCUT2D eigenvalue weighted by molar-refractivity contribution is 5.80. The minimum atomic E-state index is 0.499. The fourth-order valence-corrected chi connectivity index (χ4v) is 5.09. The third-order valence-corrected chi connectivity index (χ3v) is 7.13. The van der Waals surface area contributed by atoms with E-state index in [1.54, 1.807) is 36.8 Å². The van der Waals surface area contributed by atoms with Crippen molar-refractivity contribution in [3.05, 3.63) is 158 Å². The summed E-state index contributed by atoms with van der Waals surface area (Å²) < 4.78 is 9.94. The predicted octanol–water partition coefficient (Wildman–Crippen LogP) is 12.1. The lowest BCUT2D eigenvalue weighted by Gasteiger charge is -2.26. The molecule has 0 aliphatic carbocycles. The van der Waals surface area contributed by atoms with Crippen molar-refractivity contribution >= 4 is 34.1 Å². The molecule has 0 aliphatic rings. The first-order valence-electron chi connectivity index (χ1n) is 16.0. The fourth-order valence-electron chi connectivity index (χ4n) is 5.09. The topological polar surface area (TPSA) is 72.5 Å². The van der Waals surface area contributed by atoms with Crippen molar-refractivity contribution in [3.8, 4) is 35.1 Å². The highest BCUT2D eigenvalue weighted by Crippen LogP contribution is 2.38. The van der Waals surface area contributed by atoms with E-state index in [4.69, 9.17) is 20.0 Å². The Kier molecular flexibility index (Phi) is 12.8. The van der Waals surface area contributed by atoms with Crippen LogP contribution >= 0.6 is 0 Å². The average molecular weight is 631 g/mol. The molecular weight excluding hydrogens is 592 g/mol. The normalized spacial score (nSPS) is 9.62. The Morgan fingerprint density at radius 1 is 0.354 bits per heavy atom. The second-order valence-corrected chi connectivity index (χ2v) is 9.81. The molecule has 0 unspecified atom stereocenters. The van der Waals surface area contributed by atoms with Gasteiger partial charge >= 0.3 is 0 Å². The minimum Gasteiger partial charge on any atom is -0.388 e. The molecule has 0 saturated heterocycles. The number of benzene rings is 6. The van der Waals surface area contributed by atoms with E-state index in [0.29, 0.717) is 11.5 Å². The van der Waals surface area contributed by atoms with Crippen molar-refractivity contribution in [2.45, 2.75) is 27.7 Å². The van der Waals surface area contributed by atoms with Crippen LogP contribution in [-0.2, 0) is 0 Å². The molecule has 6 aromatic carbocycles. The molecule has 0 amide bonds. The molecule has 0 atom stereocenters. The Morgan fingerprint density at radius 3 is 0.875 bits per heavy atom. The molecule has 0 heterocycles. The number of hydrogen-bond donors (Lipinski definition) is 0. The van der Waals surface area contributed by atoms with Crippen LogP contribution in [0.5, 0.6) is 11.5 Å². The predicted molar refractivity (Wildman–Crippen MR) is 196 cm³/mol. The van der Waals surface area contributed by atoms with Gasteiger partial charge in [0.2, 0.25) is 0 Å². The first kappa shape index (κ1) is 34.4. The maximum Gasteiger partial charge on any atom is 0.292 e. The molecule has 6 heteroatoms. The smallest absolute Gasteiger partial charge is 0.292 e. The van der Waals surface area contributed by atoms with Crippen LogP contribution in [0.1, 0.15) is 27.7 Å². The van der Waals surface area contributed by atoms with Crippen molar-refractivity contribution in [1.82, 2.24) is 0 Å². The van der Waals surface area contributed by atoms with Gasteiger partial charge in [-0.25, -0.2) is 0 Å². The van der Waals surface area contributed by atoms with Gasteiger partial charge in [-0.05, 0) is 108 Å². The molecule has 238 valence electrons. The van der Waals surface area contributed by atoms with Crippen LogP contribution in [0.2, 0.25) is 0 Å². The average Bonchev–Trinajstić information content (AvgIpc) is 3.17. The Labute approximate surface area is 283 Å². The van der Waals surface area contributed by atoms with Crippen molar-refractivity contribution in [2.24, 2.45) is 0 Å². The molecule has 0 bridgehead atoms. The molecule has 0 fully saturated rings. The first-order valence-corrected chi connectivity index (χ1v) is 16.0. The zero-order valence-corrected chi connectivity index (χ0v) is 27.6. The zero-order valence-electron chi connectivity index (χ0n) is 27.6. The van der Waals surface area contributed by atoms with Crippen LogP contribution < -0.4 is 19.3 Å². The van der Waals surface area contributed by atoms with Crippen molar-refractivity contribution in [1.29, 1.82) is 10.5 Å². The van der Waals surface area contributed by atoms with Crippen LogP contribution in [0.25, 0.3) is 11.1 Å². The molecule has 0 saturated carbocycles.